The summed E-state index contributed by atoms with van der Waals surface area (Å²) in [5.41, 5.74) is 5.35. The molecular formula is C15H14F2N6O2. The predicted octanol–water partition coefficient (Wildman–Crippen LogP) is 0.751. The first-order valence-electron chi connectivity index (χ1n) is 7.04. The number of hydrogen-bond acceptors (Lipinski definition) is 5. The monoisotopic (exact) mass is 348 g/mol. The predicted molar refractivity (Wildman–Crippen MR) is 83.1 cm³/mol. The number of nitrogens with zero attached hydrogens (tertiary/aromatic N) is 3. The van der Waals surface area contributed by atoms with E-state index < -0.39 is 30.0 Å². The van der Waals surface area contributed by atoms with Crippen LogP contribution in [0.3, 0.4) is 0 Å². The summed E-state index contributed by atoms with van der Waals surface area (Å²) < 4.78 is 27.5. The van der Waals surface area contributed by atoms with Crippen molar-refractivity contribution < 1.29 is 18.4 Å². The van der Waals surface area contributed by atoms with E-state index in [1.807, 2.05) is 6.07 Å². The van der Waals surface area contributed by atoms with E-state index in [0.717, 1.165) is 12.1 Å². The zero-order valence-corrected chi connectivity index (χ0v) is 13.4. The lowest BCUT2D eigenvalue weighted by Crippen LogP contribution is -2.40. The number of rotatable bonds is 5. The Labute approximate surface area is 141 Å². The van der Waals surface area contributed by atoms with Gasteiger partial charge >= 0.3 is 0 Å². The maximum absolute atomic E-state index is 13.1. The lowest BCUT2D eigenvalue weighted by molar-refractivity contribution is -0.119. The van der Waals surface area contributed by atoms with Gasteiger partial charge in [-0.15, -0.1) is 0 Å². The zero-order valence-electron chi connectivity index (χ0n) is 13.4. The van der Waals surface area contributed by atoms with Crippen LogP contribution in [0, 0.1) is 29.9 Å². The van der Waals surface area contributed by atoms with Gasteiger partial charge in [-0.3, -0.25) is 25.1 Å². The number of benzene rings is 1. The molecule has 1 aromatic carbocycles. The number of nitrogens with one attached hydrogen (secondary N) is 3. The standard InChI is InChI=1S/C15H14F2N6O2/c1-8-12(6-18)14(23(2)22-8)21-20-13(24)7-19-15(25)9-3-10(16)5-11(17)4-9/h3-5,21H,7H2,1-2H3,(H,19,25)(H,20,24). The van der Waals surface area contributed by atoms with E-state index in [1.165, 1.54) is 4.68 Å². The second kappa shape index (κ2) is 7.39. The van der Waals surface area contributed by atoms with E-state index in [2.05, 4.69) is 21.3 Å². The van der Waals surface area contributed by atoms with E-state index in [4.69, 9.17) is 5.26 Å². The summed E-state index contributed by atoms with van der Waals surface area (Å²) in [5, 5.41) is 15.3. The minimum Gasteiger partial charge on any atom is -0.343 e. The number of aryl methyl sites for hydroxylation is 2. The largest absolute Gasteiger partial charge is 0.343 e. The number of amides is 2. The Morgan fingerprint density at radius 2 is 1.92 bits per heavy atom. The second-order valence-electron chi connectivity index (χ2n) is 5.06. The Kier molecular flexibility index (Phi) is 5.28. The van der Waals surface area contributed by atoms with Gasteiger partial charge in [-0.2, -0.15) is 10.4 Å². The Hall–Kier alpha value is -3.48. The smallest absolute Gasteiger partial charge is 0.257 e. The fourth-order valence-corrected chi connectivity index (χ4v) is 2.06. The molecule has 0 aliphatic carbocycles. The molecule has 8 nitrogen and oxygen atoms in total. The highest BCUT2D eigenvalue weighted by molar-refractivity contribution is 5.96. The van der Waals surface area contributed by atoms with Gasteiger partial charge in [0.05, 0.1) is 12.2 Å². The van der Waals surface area contributed by atoms with Crippen LogP contribution in [0.1, 0.15) is 21.6 Å². The highest BCUT2D eigenvalue weighted by Gasteiger charge is 2.14. The van der Waals surface area contributed by atoms with Crippen molar-refractivity contribution in [3.63, 3.8) is 0 Å². The lowest BCUT2D eigenvalue weighted by Gasteiger charge is -2.10. The SMILES string of the molecule is Cc1nn(C)c(NNC(=O)CNC(=O)c2cc(F)cc(F)c2)c1C#N. The summed E-state index contributed by atoms with van der Waals surface area (Å²) in [6.07, 6.45) is 0. The van der Waals surface area contributed by atoms with Crippen LogP contribution in [0.2, 0.25) is 0 Å². The molecule has 10 heteroatoms. The van der Waals surface area contributed by atoms with Gasteiger partial charge in [0.15, 0.2) is 5.82 Å². The fraction of sp³-hybridized carbons (Fsp3) is 0.200. The second-order valence-corrected chi connectivity index (χ2v) is 5.06. The third kappa shape index (κ3) is 4.29. The molecule has 1 heterocycles. The summed E-state index contributed by atoms with van der Waals surface area (Å²) in [6, 6.07) is 4.29. The van der Waals surface area contributed by atoms with Crippen LogP contribution in [0.4, 0.5) is 14.6 Å². The molecule has 0 saturated heterocycles. The van der Waals surface area contributed by atoms with Gasteiger partial charge in [-0.25, -0.2) is 8.78 Å². The van der Waals surface area contributed by atoms with Gasteiger partial charge < -0.3 is 5.32 Å². The summed E-state index contributed by atoms with van der Waals surface area (Å²) in [6.45, 7) is 1.20. The summed E-state index contributed by atoms with van der Waals surface area (Å²) >= 11 is 0. The third-order valence-electron chi connectivity index (χ3n) is 3.19. The molecule has 130 valence electrons. The van der Waals surface area contributed by atoms with Crippen LogP contribution < -0.4 is 16.2 Å². The van der Waals surface area contributed by atoms with Crippen molar-refractivity contribution in [3.05, 3.63) is 46.7 Å². The maximum atomic E-state index is 13.1. The summed E-state index contributed by atoms with van der Waals surface area (Å²) in [4.78, 5) is 23.5. The van der Waals surface area contributed by atoms with Crippen molar-refractivity contribution >= 4 is 17.6 Å². The first-order chi connectivity index (χ1) is 11.8. The van der Waals surface area contributed by atoms with Gasteiger partial charge in [-0.1, -0.05) is 0 Å². The molecule has 2 aromatic rings. The van der Waals surface area contributed by atoms with Gasteiger partial charge in [-0.05, 0) is 19.1 Å². The molecule has 0 aliphatic rings. The van der Waals surface area contributed by atoms with Crippen molar-refractivity contribution in [1.29, 1.82) is 5.26 Å². The van der Waals surface area contributed by atoms with Gasteiger partial charge in [0.1, 0.15) is 23.3 Å². The third-order valence-corrected chi connectivity index (χ3v) is 3.19. The molecule has 0 aliphatic heterocycles. The quantitative estimate of drug-likeness (QED) is 0.691. The Bertz CT molecular complexity index is 851. The Morgan fingerprint density at radius 1 is 1.28 bits per heavy atom. The van der Waals surface area contributed by atoms with Crippen molar-refractivity contribution in [3.8, 4) is 6.07 Å². The van der Waals surface area contributed by atoms with Crippen molar-refractivity contribution in [2.24, 2.45) is 7.05 Å². The highest BCUT2D eigenvalue weighted by atomic mass is 19.1. The molecule has 0 atom stereocenters. The molecule has 0 fully saturated rings. The number of carbonyl (C=O) groups is 2. The maximum Gasteiger partial charge on any atom is 0.257 e. The average molecular weight is 348 g/mol. The van der Waals surface area contributed by atoms with E-state index in [0.29, 0.717) is 11.8 Å². The number of carbonyl (C=O) groups excluding carboxylic acids is 2. The number of hydrazine groups is 1. The molecule has 0 spiro atoms. The molecule has 25 heavy (non-hydrogen) atoms. The minimum atomic E-state index is -0.896. The number of aromatic nitrogens is 2. The molecular weight excluding hydrogens is 334 g/mol. The molecule has 0 unspecified atom stereocenters. The van der Waals surface area contributed by atoms with E-state index in [-0.39, 0.29) is 16.9 Å². The normalized spacial score (nSPS) is 10.0. The molecule has 1 aromatic heterocycles. The zero-order chi connectivity index (χ0) is 18.6. The van der Waals surface area contributed by atoms with Crippen LogP contribution >= 0.6 is 0 Å². The number of anilines is 1. The molecule has 0 radical (unpaired) electrons. The van der Waals surface area contributed by atoms with Crippen molar-refractivity contribution in [2.45, 2.75) is 6.92 Å². The first-order valence-corrected chi connectivity index (χ1v) is 7.04. The van der Waals surface area contributed by atoms with Crippen molar-refractivity contribution in [2.75, 3.05) is 12.0 Å². The van der Waals surface area contributed by atoms with E-state index in [1.54, 1.807) is 14.0 Å². The first kappa shape index (κ1) is 17.9. The summed E-state index contributed by atoms with van der Waals surface area (Å²) in [7, 11) is 1.59. The van der Waals surface area contributed by atoms with E-state index >= 15 is 0 Å². The molecule has 0 bridgehead atoms. The molecule has 2 amide bonds. The molecule has 0 saturated carbocycles. The van der Waals surface area contributed by atoms with Crippen LogP contribution in [0.25, 0.3) is 0 Å². The van der Waals surface area contributed by atoms with Gasteiger partial charge in [0, 0.05) is 18.7 Å². The molecule has 3 N–H and O–H groups in total. The van der Waals surface area contributed by atoms with Gasteiger partial charge in [0.25, 0.3) is 11.8 Å². The van der Waals surface area contributed by atoms with Gasteiger partial charge in [0.2, 0.25) is 0 Å². The van der Waals surface area contributed by atoms with Crippen molar-refractivity contribution in [1.82, 2.24) is 20.5 Å². The van der Waals surface area contributed by atoms with E-state index in [9.17, 15) is 18.4 Å². The number of halogens is 2. The Morgan fingerprint density at radius 3 is 2.52 bits per heavy atom. The van der Waals surface area contributed by atoms with Crippen LogP contribution in [-0.4, -0.2) is 28.1 Å². The van der Waals surface area contributed by atoms with Crippen LogP contribution in [0.5, 0.6) is 0 Å². The average Bonchev–Trinajstić information content (AvgIpc) is 2.82. The number of nitriles is 1. The minimum absolute atomic E-state index is 0.243. The Balaban J connectivity index is 1.91. The molecule has 2 rings (SSSR count). The topological polar surface area (TPSA) is 112 Å². The van der Waals surface area contributed by atoms with Crippen LogP contribution in [-0.2, 0) is 11.8 Å². The highest BCUT2D eigenvalue weighted by Crippen LogP contribution is 2.15. The number of hydrogen-bond donors (Lipinski definition) is 3. The lowest BCUT2D eigenvalue weighted by atomic mass is 10.2. The fourth-order valence-electron chi connectivity index (χ4n) is 2.06. The summed E-state index contributed by atoms with van der Waals surface area (Å²) in [5.74, 6) is -2.94. The van der Waals surface area contributed by atoms with Crippen LogP contribution in [0.15, 0.2) is 18.2 Å².